The molecule has 0 saturated carbocycles. The summed E-state index contributed by atoms with van der Waals surface area (Å²) in [6.45, 7) is 8.21. The standard InChI is InChI=1S/C12H22N2O3/c1-11(2,3)12(4)6-5-8(9(13)15)7-14(12)10(16)17/h8H,5-7H2,1-4H3,(H2,13,15)(H,16,17)/t8-,12-/m1/s1. The molecule has 0 aliphatic carbocycles. The second-order valence-electron chi connectivity index (χ2n) is 6.06. The largest absolute Gasteiger partial charge is 0.465 e. The molecule has 1 aliphatic heterocycles. The van der Waals surface area contributed by atoms with Crippen molar-refractivity contribution < 1.29 is 14.7 Å². The molecule has 1 saturated heterocycles. The number of likely N-dealkylation sites (tertiary alicyclic amines) is 1. The maximum atomic E-state index is 11.4. The van der Waals surface area contributed by atoms with E-state index in [1.54, 1.807) is 0 Å². The number of nitrogens with zero attached hydrogens (tertiary/aromatic N) is 1. The SMILES string of the molecule is CC(C)(C)[C@@]1(C)CC[C@@H](C(N)=O)CN1C(=O)O. The zero-order valence-corrected chi connectivity index (χ0v) is 11.0. The van der Waals surface area contributed by atoms with E-state index < -0.39 is 17.5 Å². The van der Waals surface area contributed by atoms with Crippen LogP contribution in [0.2, 0.25) is 0 Å². The smallest absolute Gasteiger partial charge is 0.407 e. The predicted octanol–water partition coefficient (Wildman–Crippen LogP) is 1.67. The lowest BCUT2D eigenvalue weighted by Gasteiger charge is -2.52. The summed E-state index contributed by atoms with van der Waals surface area (Å²) in [4.78, 5) is 23.9. The average molecular weight is 242 g/mol. The van der Waals surface area contributed by atoms with E-state index in [-0.39, 0.29) is 17.9 Å². The Morgan fingerprint density at radius 2 is 1.94 bits per heavy atom. The van der Waals surface area contributed by atoms with E-state index in [1.807, 2.05) is 27.7 Å². The molecule has 5 nitrogen and oxygen atoms in total. The molecule has 1 fully saturated rings. The van der Waals surface area contributed by atoms with Crippen molar-refractivity contribution in [1.29, 1.82) is 0 Å². The number of hydrogen-bond donors (Lipinski definition) is 2. The van der Waals surface area contributed by atoms with Crippen LogP contribution in [-0.4, -0.2) is 34.1 Å². The summed E-state index contributed by atoms with van der Waals surface area (Å²) < 4.78 is 0. The first kappa shape index (κ1) is 13.8. The monoisotopic (exact) mass is 242 g/mol. The predicted molar refractivity (Wildman–Crippen MR) is 64.5 cm³/mol. The summed E-state index contributed by atoms with van der Waals surface area (Å²) in [5.41, 5.74) is 4.64. The van der Waals surface area contributed by atoms with Crippen molar-refractivity contribution in [2.75, 3.05) is 6.54 Å². The van der Waals surface area contributed by atoms with Crippen LogP contribution < -0.4 is 5.73 Å². The molecule has 0 radical (unpaired) electrons. The second kappa shape index (κ2) is 4.20. The lowest BCUT2D eigenvalue weighted by atomic mass is 9.68. The number of hydrogen-bond acceptors (Lipinski definition) is 2. The molecule has 0 bridgehead atoms. The Bertz CT molecular complexity index is 335. The number of carbonyl (C=O) groups is 2. The minimum atomic E-state index is -0.978. The lowest BCUT2D eigenvalue weighted by Crippen LogP contribution is -2.62. The van der Waals surface area contributed by atoms with Crippen molar-refractivity contribution in [3.8, 4) is 0 Å². The Hall–Kier alpha value is -1.26. The highest BCUT2D eigenvalue weighted by Gasteiger charge is 2.49. The normalized spacial score (nSPS) is 30.1. The molecule has 17 heavy (non-hydrogen) atoms. The van der Waals surface area contributed by atoms with Crippen molar-refractivity contribution >= 4 is 12.0 Å². The molecule has 1 aliphatic rings. The highest BCUT2D eigenvalue weighted by Crippen LogP contribution is 2.43. The zero-order valence-electron chi connectivity index (χ0n) is 11.0. The number of piperidine rings is 1. The molecule has 3 N–H and O–H groups in total. The minimum absolute atomic E-state index is 0.173. The van der Waals surface area contributed by atoms with E-state index in [4.69, 9.17) is 5.73 Å². The molecule has 0 aromatic rings. The van der Waals surface area contributed by atoms with Crippen molar-refractivity contribution in [1.82, 2.24) is 4.90 Å². The molecule has 1 rings (SSSR count). The van der Waals surface area contributed by atoms with Gasteiger partial charge in [0.15, 0.2) is 0 Å². The third-order valence-electron chi connectivity index (χ3n) is 4.23. The number of carboxylic acid groups (broad SMARTS) is 1. The molecule has 0 aromatic heterocycles. The van der Waals surface area contributed by atoms with E-state index in [1.165, 1.54) is 4.90 Å². The molecular formula is C12H22N2O3. The van der Waals surface area contributed by atoms with E-state index in [9.17, 15) is 14.7 Å². The maximum absolute atomic E-state index is 11.4. The number of carbonyl (C=O) groups excluding carboxylic acids is 1. The van der Waals surface area contributed by atoms with Gasteiger partial charge in [0.25, 0.3) is 0 Å². The van der Waals surface area contributed by atoms with Crippen LogP contribution in [0.4, 0.5) is 4.79 Å². The molecule has 0 aromatic carbocycles. The first-order chi connectivity index (χ1) is 7.59. The minimum Gasteiger partial charge on any atom is -0.465 e. The van der Waals surface area contributed by atoms with E-state index in [0.717, 1.165) is 0 Å². The fourth-order valence-electron chi connectivity index (χ4n) is 2.40. The highest BCUT2D eigenvalue weighted by molar-refractivity contribution is 5.78. The summed E-state index contributed by atoms with van der Waals surface area (Å²) in [7, 11) is 0. The molecule has 0 spiro atoms. The topological polar surface area (TPSA) is 83.6 Å². The highest BCUT2D eigenvalue weighted by atomic mass is 16.4. The first-order valence-corrected chi connectivity index (χ1v) is 5.89. The van der Waals surface area contributed by atoms with Gasteiger partial charge in [-0.2, -0.15) is 0 Å². The number of nitrogens with two attached hydrogens (primary N) is 1. The third-order valence-corrected chi connectivity index (χ3v) is 4.23. The summed E-state index contributed by atoms with van der Waals surface area (Å²) in [5, 5.41) is 9.31. The van der Waals surface area contributed by atoms with Crippen molar-refractivity contribution in [2.45, 2.75) is 46.1 Å². The van der Waals surface area contributed by atoms with Crippen LogP contribution in [0.25, 0.3) is 0 Å². The van der Waals surface area contributed by atoms with Crippen LogP contribution in [-0.2, 0) is 4.79 Å². The van der Waals surface area contributed by atoms with Crippen molar-refractivity contribution in [2.24, 2.45) is 17.1 Å². The van der Waals surface area contributed by atoms with Crippen LogP contribution >= 0.6 is 0 Å². The summed E-state index contributed by atoms with van der Waals surface area (Å²) in [5.74, 6) is -0.770. The molecule has 2 amide bonds. The van der Waals surface area contributed by atoms with Gasteiger partial charge >= 0.3 is 6.09 Å². The molecule has 1 heterocycles. The Morgan fingerprint density at radius 3 is 2.29 bits per heavy atom. The Morgan fingerprint density at radius 1 is 1.41 bits per heavy atom. The van der Waals surface area contributed by atoms with Gasteiger partial charge in [0.1, 0.15) is 0 Å². The van der Waals surface area contributed by atoms with Gasteiger partial charge in [0.05, 0.1) is 5.92 Å². The number of primary amides is 1. The van der Waals surface area contributed by atoms with Gasteiger partial charge in [-0.05, 0) is 25.2 Å². The van der Waals surface area contributed by atoms with Crippen LogP contribution in [0.5, 0.6) is 0 Å². The maximum Gasteiger partial charge on any atom is 0.407 e. The molecular weight excluding hydrogens is 220 g/mol. The van der Waals surface area contributed by atoms with Gasteiger partial charge in [-0.15, -0.1) is 0 Å². The van der Waals surface area contributed by atoms with Crippen LogP contribution in [0.3, 0.4) is 0 Å². The molecule has 0 unspecified atom stereocenters. The van der Waals surface area contributed by atoms with Crippen LogP contribution in [0.1, 0.15) is 40.5 Å². The zero-order chi connectivity index (χ0) is 13.4. The van der Waals surface area contributed by atoms with Crippen LogP contribution in [0.15, 0.2) is 0 Å². The van der Waals surface area contributed by atoms with Gasteiger partial charge in [-0.25, -0.2) is 4.79 Å². The van der Waals surface area contributed by atoms with Gasteiger partial charge in [0, 0.05) is 12.1 Å². The quantitative estimate of drug-likeness (QED) is 0.733. The van der Waals surface area contributed by atoms with Gasteiger partial charge in [-0.3, -0.25) is 4.79 Å². The second-order valence-corrected chi connectivity index (χ2v) is 6.06. The number of amides is 2. The number of rotatable bonds is 1. The fraction of sp³-hybridized carbons (Fsp3) is 0.833. The first-order valence-electron chi connectivity index (χ1n) is 5.89. The fourth-order valence-corrected chi connectivity index (χ4v) is 2.40. The van der Waals surface area contributed by atoms with E-state index in [2.05, 4.69) is 0 Å². The van der Waals surface area contributed by atoms with Gasteiger partial charge in [-0.1, -0.05) is 20.8 Å². The molecule has 5 heteroatoms. The Balaban J connectivity index is 3.03. The third kappa shape index (κ3) is 2.37. The van der Waals surface area contributed by atoms with E-state index in [0.29, 0.717) is 12.8 Å². The average Bonchev–Trinajstić information content (AvgIpc) is 2.15. The Labute approximate surface area is 102 Å². The Kier molecular flexibility index (Phi) is 3.41. The summed E-state index contributed by atoms with van der Waals surface area (Å²) >= 11 is 0. The van der Waals surface area contributed by atoms with E-state index >= 15 is 0 Å². The van der Waals surface area contributed by atoms with Crippen molar-refractivity contribution in [3.63, 3.8) is 0 Å². The van der Waals surface area contributed by atoms with Gasteiger partial charge in [0.2, 0.25) is 5.91 Å². The van der Waals surface area contributed by atoms with Gasteiger partial charge < -0.3 is 15.7 Å². The van der Waals surface area contributed by atoms with Crippen molar-refractivity contribution in [3.05, 3.63) is 0 Å². The molecule has 2 atom stereocenters. The lowest BCUT2D eigenvalue weighted by molar-refractivity contribution is -0.126. The van der Waals surface area contributed by atoms with Crippen LogP contribution in [0, 0.1) is 11.3 Å². The summed E-state index contributed by atoms with van der Waals surface area (Å²) in [6, 6.07) is 0. The molecule has 98 valence electrons. The summed E-state index contributed by atoms with van der Waals surface area (Å²) in [6.07, 6.45) is 0.344.